The Kier molecular flexibility index (Phi) is 12.9. The van der Waals surface area contributed by atoms with Crippen molar-refractivity contribution < 1.29 is 31.5 Å². The van der Waals surface area contributed by atoms with Gasteiger partial charge in [-0.2, -0.15) is 0 Å². The van der Waals surface area contributed by atoms with Crippen LogP contribution in [0.1, 0.15) is 65.3 Å². The number of benzene rings is 3. The van der Waals surface area contributed by atoms with Gasteiger partial charge in [-0.25, -0.2) is 0 Å². The molecule has 0 spiro atoms. The number of amides is 3. The van der Waals surface area contributed by atoms with Crippen LogP contribution in [-0.2, 0) is 27.5 Å². The van der Waals surface area contributed by atoms with Gasteiger partial charge in [0.2, 0.25) is 5.91 Å². The van der Waals surface area contributed by atoms with Crippen LogP contribution in [0.15, 0.2) is 72.8 Å². The Bertz CT molecular complexity index is 1580. The molecular formula is C40H39ClFeN4O3+2. The van der Waals surface area contributed by atoms with Gasteiger partial charge in [0.05, 0.1) is 5.56 Å². The summed E-state index contributed by atoms with van der Waals surface area (Å²) in [6.07, 6.45) is 22.7. The molecule has 250 valence electrons. The van der Waals surface area contributed by atoms with E-state index in [9.17, 15) is 14.4 Å². The Labute approximate surface area is 306 Å². The normalized spacial score (nSPS) is 21.1. The fourth-order valence-electron chi connectivity index (χ4n) is 6.47. The molecule has 4 aliphatic rings. The molecule has 3 fully saturated rings. The molecule has 0 aromatic heterocycles. The van der Waals surface area contributed by atoms with Gasteiger partial charge in [-0.1, -0.05) is 61.2 Å². The topological polar surface area (TPSA) is 90.5 Å². The van der Waals surface area contributed by atoms with E-state index in [-0.39, 0.29) is 40.8 Å². The summed E-state index contributed by atoms with van der Waals surface area (Å²) in [6, 6.07) is 20.7. The largest absolute Gasteiger partial charge is 2.00 e. The number of nitrogens with zero attached hydrogens (tertiary/aromatic N) is 1. The van der Waals surface area contributed by atoms with Crippen LogP contribution in [0.3, 0.4) is 0 Å². The Morgan fingerprint density at radius 3 is 2.14 bits per heavy atom. The van der Waals surface area contributed by atoms with Crippen molar-refractivity contribution in [1.29, 1.82) is 0 Å². The van der Waals surface area contributed by atoms with Crippen molar-refractivity contribution in [1.82, 2.24) is 10.6 Å². The van der Waals surface area contributed by atoms with E-state index in [2.05, 4.69) is 16.0 Å². The average Bonchev–Trinajstić information content (AvgIpc) is 3.86. The number of hydrogen-bond donors (Lipinski definition) is 3. The van der Waals surface area contributed by atoms with Crippen LogP contribution >= 0.6 is 11.6 Å². The van der Waals surface area contributed by atoms with E-state index >= 15 is 0 Å². The standard InChI is InChI=1S/C35H34ClN4O3.C5H5.Fe/c1-35(38-30-17-8-7-16-29(30)32(41)39-35)25-18-20-28(21-19-25)40(34(43)24-12-9-13-26(36)22-24)31(23-10-5-6-11-23)33(42)37-27-14-3-2-4-15-27;1-2-4-5-3-1;/h5-13,16-22,27,31,38H,2-4,14-15H2,1H3,(H,37,42)(H,39,41);1-5H;/q;;+2. The predicted octanol–water partition coefficient (Wildman–Crippen LogP) is 7.26. The van der Waals surface area contributed by atoms with Crippen LogP contribution in [-0.4, -0.2) is 29.8 Å². The van der Waals surface area contributed by atoms with Crippen LogP contribution < -0.4 is 20.9 Å². The van der Waals surface area contributed by atoms with Gasteiger partial charge in [0.15, 0.2) is 0 Å². The second kappa shape index (κ2) is 17.1. The summed E-state index contributed by atoms with van der Waals surface area (Å²) in [4.78, 5) is 42.8. The van der Waals surface area contributed by atoms with Gasteiger partial charge in [0.25, 0.3) is 11.8 Å². The molecule has 1 heterocycles. The maximum atomic E-state index is 14.3. The molecule has 7 rings (SSSR count). The molecule has 3 saturated carbocycles. The van der Waals surface area contributed by atoms with Gasteiger partial charge < -0.3 is 16.0 Å². The Balaban J connectivity index is 0.000000717. The number of fused-ring (bicyclic) bond motifs is 1. The van der Waals surface area contributed by atoms with Crippen LogP contribution in [0.2, 0.25) is 5.02 Å². The minimum Gasteiger partial charge on any atom is -0.359 e. The van der Waals surface area contributed by atoms with Crippen molar-refractivity contribution in [2.45, 2.75) is 56.8 Å². The SMILES string of the molecule is CC1(c2ccc(N(C(=O)c3cccc(Cl)c3)C([C]3[CH][CH][CH][CH]3)C(=O)NC3CCCCC3)cc2)NC(=O)c2ccccc2N1.[CH]1[CH][CH][CH][CH]1.[Fe+2]. The Hall–Kier alpha value is -3.32. The molecule has 3 aliphatic carbocycles. The van der Waals surface area contributed by atoms with E-state index in [0.29, 0.717) is 21.8 Å². The van der Waals surface area contributed by atoms with E-state index < -0.39 is 11.7 Å². The summed E-state index contributed by atoms with van der Waals surface area (Å²) in [5.74, 6) is -0.0151. The molecule has 7 nitrogen and oxygen atoms in total. The molecule has 1 aliphatic heterocycles. The third-order valence-corrected chi connectivity index (χ3v) is 9.19. The fourth-order valence-corrected chi connectivity index (χ4v) is 6.66. The smallest absolute Gasteiger partial charge is 0.359 e. The van der Waals surface area contributed by atoms with Crippen molar-refractivity contribution in [3.8, 4) is 0 Å². The Morgan fingerprint density at radius 1 is 0.837 bits per heavy atom. The number of nitrogens with one attached hydrogen (secondary N) is 3. The first-order valence-corrected chi connectivity index (χ1v) is 16.8. The summed E-state index contributed by atoms with van der Waals surface area (Å²) >= 11 is 6.29. The van der Waals surface area contributed by atoms with Crippen molar-refractivity contribution in [2.75, 3.05) is 10.2 Å². The van der Waals surface area contributed by atoms with E-state index in [1.807, 2.05) is 107 Å². The third kappa shape index (κ3) is 8.89. The number of para-hydroxylation sites is 1. The van der Waals surface area contributed by atoms with Gasteiger partial charge in [0, 0.05) is 33.9 Å². The maximum Gasteiger partial charge on any atom is 2.00 e. The predicted molar refractivity (Wildman–Crippen MR) is 190 cm³/mol. The molecule has 3 aromatic rings. The molecule has 2 atom stereocenters. The zero-order valence-corrected chi connectivity index (χ0v) is 29.1. The number of rotatable bonds is 7. The molecule has 0 bridgehead atoms. The number of carbonyl (C=O) groups is 3. The van der Waals surface area contributed by atoms with Crippen LogP contribution in [0, 0.1) is 63.7 Å². The van der Waals surface area contributed by atoms with Crippen molar-refractivity contribution in [3.63, 3.8) is 0 Å². The third-order valence-electron chi connectivity index (χ3n) is 8.95. The first kappa shape index (κ1) is 36.9. The van der Waals surface area contributed by atoms with E-state index in [1.165, 1.54) is 6.42 Å². The van der Waals surface area contributed by atoms with Gasteiger partial charge >= 0.3 is 17.1 Å². The molecule has 9 heteroatoms. The molecule has 10 radical (unpaired) electrons. The van der Waals surface area contributed by atoms with Gasteiger partial charge in [-0.15, -0.1) is 0 Å². The zero-order chi connectivity index (χ0) is 33.5. The quantitative estimate of drug-likeness (QED) is 0.225. The second-order valence-corrected chi connectivity index (χ2v) is 12.8. The summed E-state index contributed by atoms with van der Waals surface area (Å²) in [5.41, 5.74) is 2.16. The minimum absolute atomic E-state index is 0. The van der Waals surface area contributed by atoms with Crippen LogP contribution in [0.4, 0.5) is 11.4 Å². The first-order chi connectivity index (χ1) is 23.3. The van der Waals surface area contributed by atoms with Gasteiger partial charge in [-0.3, -0.25) is 19.3 Å². The second-order valence-electron chi connectivity index (χ2n) is 12.4. The van der Waals surface area contributed by atoms with Gasteiger partial charge in [0.1, 0.15) is 11.7 Å². The van der Waals surface area contributed by atoms with Crippen molar-refractivity contribution in [3.05, 3.63) is 158 Å². The van der Waals surface area contributed by atoms with Crippen molar-refractivity contribution >= 4 is 40.7 Å². The molecule has 2 unspecified atom stereocenters. The summed E-state index contributed by atoms with van der Waals surface area (Å²) in [5, 5.41) is 10.2. The number of halogens is 1. The van der Waals surface area contributed by atoms with Gasteiger partial charge in [-0.05, 0) is 126 Å². The van der Waals surface area contributed by atoms with Crippen LogP contribution in [0.5, 0.6) is 0 Å². The first-order valence-electron chi connectivity index (χ1n) is 16.4. The minimum atomic E-state index is -0.899. The number of hydrogen-bond acceptors (Lipinski definition) is 4. The summed E-state index contributed by atoms with van der Waals surface area (Å²) in [7, 11) is 0. The average molecular weight is 715 g/mol. The number of anilines is 2. The molecule has 0 saturated heterocycles. The number of carbonyl (C=O) groups excluding carboxylic acids is 3. The van der Waals surface area contributed by atoms with E-state index in [4.69, 9.17) is 11.6 Å². The Morgan fingerprint density at radius 2 is 1.49 bits per heavy atom. The van der Waals surface area contributed by atoms with Crippen LogP contribution in [0.25, 0.3) is 0 Å². The monoisotopic (exact) mass is 714 g/mol. The summed E-state index contributed by atoms with van der Waals surface area (Å²) < 4.78 is 0. The van der Waals surface area contributed by atoms with E-state index in [1.54, 1.807) is 35.2 Å². The van der Waals surface area contributed by atoms with E-state index in [0.717, 1.165) is 42.9 Å². The molecule has 3 N–H and O–H groups in total. The molecule has 49 heavy (non-hydrogen) atoms. The fraction of sp³-hybridized carbons (Fsp3) is 0.225. The zero-order valence-electron chi connectivity index (χ0n) is 27.2. The molecule has 3 amide bonds. The van der Waals surface area contributed by atoms with Crippen molar-refractivity contribution in [2.24, 2.45) is 0 Å². The maximum absolute atomic E-state index is 14.3. The summed E-state index contributed by atoms with van der Waals surface area (Å²) in [6.45, 7) is 1.90. The molecule has 3 aromatic carbocycles. The molecular weight excluding hydrogens is 676 g/mol.